The molecule has 0 aromatic heterocycles. The lowest BCUT2D eigenvalue weighted by Gasteiger charge is -2.32. The Labute approximate surface area is 205 Å². The van der Waals surface area contributed by atoms with E-state index in [2.05, 4.69) is 5.32 Å². The number of piperidine rings is 1. The Morgan fingerprint density at radius 3 is 2.06 bits per heavy atom. The van der Waals surface area contributed by atoms with E-state index in [1.165, 1.54) is 0 Å². The van der Waals surface area contributed by atoms with Gasteiger partial charge in [-0.1, -0.05) is 0 Å². The number of likely N-dealkylation sites (tertiary alicyclic amines) is 1. The van der Waals surface area contributed by atoms with Crippen LogP contribution < -0.4 is 19.5 Å². The minimum Gasteiger partial charge on any atom is -0.494 e. The van der Waals surface area contributed by atoms with Crippen LogP contribution in [0.5, 0.6) is 17.2 Å². The average Bonchev–Trinajstić information content (AvgIpc) is 2.88. The van der Waals surface area contributed by atoms with Crippen molar-refractivity contribution in [1.82, 2.24) is 10.2 Å². The number of hydrogen-bond donors (Lipinski definition) is 1. The maximum Gasteiger partial charge on any atom is 0.513 e. The van der Waals surface area contributed by atoms with Gasteiger partial charge in [0.15, 0.2) is 6.61 Å². The van der Waals surface area contributed by atoms with E-state index in [4.69, 9.17) is 18.9 Å². The molecule has 0 saturated carbocycles. The van der Waals surface area contributed by atoms with E-state index in [1.54, 1.807) is 60.4 Å². The molecule has 188 valence electrons. The predicted molar refractivity (Wildman–Crippen MR) is 129 cm³/mol. The molecule has 35 heavy (non-hydrogen) atoms. The fourth-order valence-corrected chi connectivity index (χ4v) is 3.69. The van der Waals surface area contributed by atoms with Gasteiger partial charge in [-0.15, -0.1) is 0 Å². The quantitative estimate of drug-likeness (QED) is 0.405. The van der Waals surface area contributed by atoms with Crippen molar-refractivity contribution >= 4 is 18.0 Å². The second-order valence-corrected chi connectivity index (χ2v) is 8.04. The third-order valence-electron chi connectivity index (χ3n) is 5.56. The van der Waals surface area contributed by atoms with Crippen LogP contribution in [0.2, 0.25) is 0 Å². The zero-order valence-corrected chi connectivity index (χ0v) is 20.2. The molecule has 9 nitrogen and oxygen atoms in total. The molecular formula is C26H32N2O7. The number of rotatable bonds is 10. The Bertz CT molecular complexity index is 968. The zero-order valence-electron chi connectivity index (χ0n) is 20.2. The predicted octanol–water partition coefficient (Wildman–Crippen LogP) is 3.67. The molecule has 1 aliphatic heterocycles. The number of ether oxygens (including phenoxy) is 4. The van der Waals surface area contributed by atoms with E-state index < -0.39 is 6.16 Å². The van der Waals surface area contributed by atoms with Crippen LogP contribution in [0, 0.1) is 5.92 Å². The number of carbonyl (C=O) groups excluding carboxylic acids is 3. The topological polar surface area (TPSA) is 103 Å². The monoisotopic (exact) mass is 484 g/mol. The Morgan fingerprint density at radius 1 is 0.857 bits per heavy atom. The number of benzene rings is 2. The first kappa shape index (κ1) is 25.9. The van der Waals surface area contributed by atoms with E-state index in [0.717, 1.165) is 18.6 Å². The molecule has 0 unspecified atom stereocenters. The first-order chi connectivity index (χ1) is 17.0. The molecule has 2 aromatic carbocycles. The first-order valence-electron chi connectivity index (χ1n) is 11.8. The summed E-state index contributed by atoms with van der Waals surface area (Å²) in [7, 11) is 0. The number of hydrogen-bond acceptors (Lipinski definition) is 7. The largest absolute Gasteiger partial charge is 0.513 e. The molecule has 2 amide bonds. The van der Waals surface area contributed by atoms with Crippen molar-refractivity contribution in [3.05, 3.63) is 54.1 Å². The SMILES string of the molecule is CCOC(=O)Oc1ccc(C(=O)N2CCC(CNC(=O)COc3ccc(OCC)cc3)CC2)cc1. The maximum atomic E-state index is 12.8. The number of amides is 2. The molecule has 1 saturated heterocycles. The summed E-state index contributed by atoms with van der Waals surface area (Å²) in [6, 6.07) is 13.6. The Balaban J connectivity index is 1.35. The summed E-state index contributed by atoms with van der Waals surface area (Å²) in [4.78, 5) is 38.1. The van der Waals surface area contributed by atoms with E-state index in [0.29, 0.717) is 49.2 Å². The van der Waals surface area contributed by atoms with Crippen LogP contribution in [-0.2, 0) is 9.53 Å². The van der Waals surface area contributed by atoms with Crippen LogP contribution in [0.4, 0.5) is 4.79 Å². The number of nitrogens with one attached hydrogen (secondary N) is 1. The average molecular weight is 485 g/mol. The summed E-state index contributed by atoms with van der Waals surface area (Å²) < 4.78 is 20.7. The van der Waals surface area contributed by atoms with Crippen molar-refractivity contribution in [1.29, 1.82) is 0 Å². The van der Waals surface area contributed by atoms with Crippen molar-refractivity contribution in [2.45, 2.75) is 26.7 Å². The smallest absolute Gasteiger partial charge is 0.494 e. The van der Waals surface area contributed by atoms with E-state index in [-0.39, 0.29) is 25.0 Å². The number of nitrogens with zero attached hydrogens (tertiary/aromatic N) is 1. The van der Waals surface area contributed by atoms with Gasteiger partial charge in [-0.25, -0.2) is 4.79 Å². The van der Waals surface area contributed by atoms with Crippen LogP contribution >= 0.6 is 0 Å². The van der Waals surface area contributed by atoms with Crippen molar-refractivity contribution in [3.63, 3.8) is 0 Å². The third-order valence-corrected chi connectivity index (χ3v) is 5.56. The Kier molecular flexibility index (Phi) is 9.77. The summed E-state index contributed by atoms with van der Waals surface area (Å²) in [5.41, 5.74) is 0.527. The van der Waals surface area contributed by atoms with Crippen LogP contribution in [0.3, 0.4) is 0 Å². The van der Waals surface area contributed by atoms with Crippen molar-refractivity contribution in [2.24, 2.45) is 5.92 Å². The van der Waals surface area contributed by atoms with Gasteiger partial charge in [-0.2, -0.15) is 0 Å². The van der Waals surface area contributed by atoms with Gasteiger partial charge in [0.2, 0.25) is 0 Å². The lowest BCUT2D eigenvalue weighted by molar-refractivity contribution is -0.123. The molecule has 9 heteroatoms. The summed E-state index contributed by atoms with van der Waals surface area (Å²) in [5.74, 6) is 1.74. The summed E-state index contributed by atoms with van der Waals surface area (Å²) in [5, 5.41) is 2.92. The zero-order chi connectivity index (χ0) is 25.0. The van der Waals surface area contributed by atoms with E-state index in [1.807, 2.05) is 6.92 Å². The second kappa shape index (κ2) is 13.2. The molecule has 0 spiro atoms. The van der Waals surface area contributed by atoms with Gasteiger partial charge in [0.1, 0.15) is 17.2 Å². The lowest BCUT2D eigenvalue weighted by atomic mass is 9.96. The van der Waals surface area contributed by atoms with Gasteiger partial charge in [0.25, 0.3) is 11.8 Å². The maximum absolute atomic E-state index is 12.8. The van der Waals surface area contributed by atoms with Crippen molar-refractivity contribution in [2.75, 3.05) is 39.5 Å². The molecule has 0 aliphatic carbocycles. The highest BCUT2D eigenvalue weighted by atomic mass is 16.7. The van der Waals surface area contributed by atoms with Gasteiger partial charge < -0.3 is 29.2 Å². The summed E-state index contributed by atoms with van der Waals surface area (Å²) >= 11 is 0. The van der Waals surface area contributed by atoms with Gasteiger partial charge >= 0.3 is 6.16 Å². The van der Waals surface area contributed by atoms with Crippen LogP contribution in [0.25, 0.3) is 0 Å². The molecule has 3 rings (SSSR count). The highest BCUT2D eigenvalue weighted by Gasteiger charge is 2.24. The second-order valence-electron chi connectivity index (χ2n) is 8.04. The highest BCUT2D eigenvalue weighted by molar-refractivity contribution is 5.94. The van der Waals surface area contributed by atoms with Crippen LogP contribution in [0.15, 0.2) is 48.5 Å². The molecule has 0 atom stereocenters. The normalized spacial score (nSPS) is 13.6. The Morgan fingerprint density at radius 2 is 1.46 bits per heavy atom. The van der Waals surface area contributed by atoms with Crippen LogP contribution in [-0.4, -0.2) is 62.3 Å². The van der Waals surface area contributed by atoms with Gasteiger partial charge in [0.05, 0.1) is 13.2 Å². The van der Waals surface area contributed by atoms with Gasteiger partial charge in [0, 0.05) is 25.2 Å². The van der Waals surface area contributed by atoms with Crippen LogP contribution in [0.1, 0.15) is 37.0 Å². The molecule has 1 aliphatic rings. The van der Waals surface area contributed by atoms with E-state index in [9.17, 15) is 14.4 Å². The first-order valence-corrected chi connectivity index (χ1v) is 11.8. The highest BCUT2D eigenvalue weighted by Crippen LogP contribution is 2.21. The molecule has 1 fully saturated rings. The van der Waals surface area contributed by atoms with Gasteiger partial charge in [-0.3, -0.25) is 9.59 Å². The molecule has 0 bridgehead atoms. The number of carbonyl (C=O) groups is 3. The molecule has 2 aromatic rings. The Hall–Kier alpha value is -3.75. The van der Waals surface area contributed by atoms with Gasteiger partial charge in [-0.05, 0) is 81.1 Å². The van der Waals surface area contributed by atoms with Crippen molar-refractivity contribution < 1.29 is 33.3 Å². The standard InChI is InChI=1S/C26H32N2O7/c1-3-32-21-9-11-22(12-10-21)34-18-24(29)27-17-19-13-15-28(16-14-19)25(30)20-5-7-23(8-6-20)35-26(31)33-4-2/h5-12,19H,3-4,13-18H2,1-2H3,(H,27,29). The molecular weight excluding hydrogens is 452 g/mol. The molecule has 1 heterocycles. The fraction of sp³-hybridized carbons (Fsp3) is 0.423. The molecule has 0 radical (unpaired) electrons. The summed E-state index contributed by atoms with van der Waals surface area (Å²) in [6.07, 6.45) is 0.828. The van der Waals surface area contributed by atoms with Crippen molar-refractivity contribution in [3.8, 4) is 17.2 Å². The summed E-state index contributed by atoms with van der Waals surface area (Å²) in [6.45, 7) is 6.16. The molecule has 1 N–H and O–H groups in total. The third kappa shape index (κ3) is 8.20. The minimum absolute atomic E-state index is 0.0544. The lowest BCUT2D eigenvalue weighted by Crippen LogP contribution is -2.42. The minimum atomic E-state index is -0.775. The fourth-order valence-electron chi connectivity index (χ4n) is 3.69. The van der Waals surface area contributed by atoms with E-state index >= 15 is 0 Å².